The van der Waals surface area contributed by atoms with Gasteiger partial charge in [-0.15, -0.1) is 0 Å². The Morgan fingerprint density at radius 1 is 1.06 bits per heavy atom. The van der Waals surface area contributed by atoms with Gasteiger partial charge in [0.25, 0.3) is 0 Å². The number of halogens is 5. The summed E-state index contributed by atoms with van der Waals surface area (Å²) in [6, 6.07) is 17.2. The van der Waals surface area contributed by atoms with Crippen LogP contribution in [0.5, 0.6) is 5.75 Å². The lowest BCUT2D eigenvalue weighted by Crippen LogP contribution is -2.49. The van der Waals surface area contributed by atoms with Crippen molar-refractivity contribution in [2.75, 3.05) is 20.3 Å². The normalized spacial score (nSPS) is 13.2. The molecule has 0 bridgehead atoms. The van der Waals surface area contributed by atoms with Gasteiger partial charge in [0.15, 0.2) is 0 Å². The van der Waals surface area contributed by atoms with Crippen LogP contribution in [0, 0.1) is 0 Å². The van der Waals surface area contributed by atoms with Gasteiger partial charge in [-0.3, -0.25) is 4.98 Å². The molecule has 36 heavy (non-hydrogen) atoms. The lowest BCUT2D eigenvalue weighted by molar-refractivity contribution is -0.253. The minimum Gasteiger partial charge on any atom is -0.447 e. The van der Waals surface area contributed by atoms with Crippen LogP contribution in [0.4, 0.5) is 22.4 Å². The first-order valence-electron chi connectivity index (χ1n) is 10.7. The van der Waals surface area contributed by atoms with E-state index in [2.05, 4.69) is 15.0 Å². The molecule has 6 nitrogen and oxygen atoms in total. The smallest absolute Gasteiger partial charge is 0.447 e. The molecule has 0 saturated heterocycles. The summed E-state index contributed by atoms with van der Waals surface area (Å²) in [6.45, 7) is 0.0892. The Hall–Kier alpha value is -3.37. The number of carbonyl (C=O) groups excluding carboxylic acids is 1. The van der Waals surface area contributed by atoms with E-state index in [4.69, 9.17) is 21.1 Å². The molecule has 0 fully saturated rings. The molecule has 0 aliphatic carbocycles. The zero-order chi connectivity index (χ0) is 26.2. The van der Waals surface area contributed by atoms with E-state index in [1.165, 1.54) is 25.4 Å². The van der Waals surface area contributed by atoms with Gasteiger partial charge < -0.3 is 19.5 Å². The first-order chi connectivity index (χ1) is 17.2. The van der Waals surface area contributed by atoms with Gasteiger partial charge in [0, 0.05) is 19.7 Å². The van der Waals surface area contributed by atoms with E-state index in [1.54, 1.807) is 42.5 Å². The number of benzene rings is 2. The van der Waals surface area contributed by atoms with E-state index in [0.29, 0.717) is 5.02 Å². The van der Waals surface area contributed by atoms with Crippen LogP contribution in [0.2, 0.25) is 5.02 Å². The van der Waals surface area contributed by atoms with Crippen molar-refractivity contribution in [3.63, 3.8) is 0 Å². The van der Waals surface area contributed by atoms with Gasteiger partial charge in [0.05, 0.1) is 17.3 Å². The van der Waals surface area contributed by atoms with Crippen LogP contribution in [0.1, 0.15) is 16.8 Å². The Kier molecular flexibility index (Phi) is 9.11. The molecule has 11 heteroatoms. The molecule has 0 aliphatic heterocycles. The standard InChI is InChI=1S/C25H23ClF4N2O4/c1-34-12-13-35-23(33)32-24(15-17-6-3-2-4-7-17,21-11-10-19(26)16-31-21)18-8-5-9-20(14-18)36-25(29,30)22(27)28/h2-11,14,16,22H,12-13,15H2,1H3,(H,32,33)/t24-/m1/s1. The summed E-state index contributed by atoms with van der Waals surface area (Å²) >= 11 is 6.02. The minimum atomic E-state index is -4.72. The summed E-state index contributed by atoms with van der Waals surface area (Å²) in [5, 5.41) is 3.11. The molecule has 0 radical (unpaired) electrons. The van der Waals surface area contributed by atoms with Gasteiger partial charge in [-0.25, -0.2) is 4.79 Å². The number of nitrogens with zero attached hydrogens (tertiary/aromatic N) is 1. The Labute approximate surface area is 210 Å². The number of aromatic nitrogens is 1. The van der Waals surface area contributed by atoms with E-state index in [9.17, 15) is 22.4 Å². The second-order valence-corrected chi connectivity index (χ2v) is 8.11. The Morgan fingerprint density at radius 3 is 2.44 bits per heavy atom. The third-order valence-corrected chi connectivity index (χ3v) is 5.37. The number of ether oxygens (including phenoxy) is 3. The molecular formula is C25H23ClF4N2O4. The zero-order valence-electron chi connectivity index (χ0n) is 19.1. The Morgan fingerprint density at radius 2 is 1.81 bits per heavy atom. The predicted molar refractivity (Wildman–Crippen MR) is 125 cm³/mol. The molecule has 1 atom stereocenters. The molecule has 1 aromatic heterocycles. The quantitative estimate of drug-likeness (QED) is 0.251. The van der Waals surface area contributed by atoms with Crippen molar-refractivity contribution in [3.05, 3.63) is 94.8 Å². The molecule has 0 saturated carbocycles. The first kappa shape index (κ1) is 27.2. The number of amides is 1. The number of pyridine rings is 1. The molecule has 0 unspecified atom stereocenters. The molecule has 3 aromatic rings. The lowest BCUT2D eigenvalue weighted by Gasteiger charge is -2.35. The zero-order valence-corrected chi connectivity index (χ0v) is 19.9. The monoisotopic (exact) mass is 526 g/mol. The van der Waals surface area contributed by atoms with Crippen molar-refractivity contribution in [1.29, 1.82) is 0 Å². The summed E-state index contributed by atoms with van der Waals surface area (Å²) in [5.41, 5.74) is -0.226. The number of hydrogen-bond donors (Lipinski definition) is 1. The number of methoxy groups -OCH3 is 1. The topological polar surface area (TPSA) is 69.7 Å². The highest BCUT2D eigenvalue weighted by molar-refractivity contribution is 6.30. The Bertz CT molecular complexity index is 1140. The minimum absolute atomic E-state index is 0.0540. The SMILES string of the molecule is COCCOC(=O)N[C@](Cc1ccccc1)(c1cccc(OC(F)(F)C(F)F)c1)c1ccc(Cl)cn1. The average molecular weight is 527 g/mol. The number of alkyl carbamates (subject to hydrolysis) is 1. The second kappa shape index (κ2) is 12.0. The van der Waals surface area contributed by atoms with Crippen LogP contribution in [0.15, 0.2) is 72.9 Å². The molecule has 1 heterocycles. The average Bonchev–Trinajstić information content (AvgIpc) is 2.84. The van der Waals surface area contributed by atoms with E-state index < -0.39 is 29.9 Å². The summed E-state index contributed by atoms with van der Waals surface area (Å²) in [4.78, 5) is 17.2. The van der Waals surface area contributed by atoms with Crippen molar-refractivity contribution < 1.29 is 36.6 Å². The highest BCUT2D eigenvalue weighted by atomic mass is 35.5. The van der Waals surface area contributed by atoms with Gasteiger partial charge in [-0.1, -0.05) is 54.1 Å². The lowest BCUT2D eigenvalue weighted by atomic mass is 9.80. The third-order valence-electron chi connectivity index (χ3n) is 5.15. The molecule has 0 spiro atoms. The van der Waals surface area contributed by atoms with Crippen molar-refractivity contribution in [1.82, 2.24) is 10.3 Å². The highest BCUT2D eigenvalue weighted by Gasteiger charge is 2.44. The summed E-state index contributed by atoms with van der Waals surface area (Å²) in [5.74, 6) is -0.529. The van der Waals surface area contributed by atoms with Crippen LogP contribution < -0.4 is 10.1 Å². The maximum Gasteiger partial charge on any atom is 0.461 e. The summed E-state index contributed by atoms with van der Waals surface area (Å²) in [7, 11) is 1.44. The molecule has 2 aromatic carbocycles. The van der Waals surface area contributed by atoms with E-state index in [0.717, 1.165) is 17.7 Å². The van der Waals surface area contributed by atoms with Gasteiger partial charge in [0.2, 0.25) is 0 Å². The van der Waals surface area contributed by atoms with Gasteiger partial charge >= 0.3 is 18.6 Å². The molecule has 0 aliphatic rings. The fourth-order valence-electron chi connectivity index (χ4n) is 3.51. The second-order valence-electron chi connectivity index (χ2n) is 7.68. The highest BCUT2D eigenvalue weighted by Crippen LogP contribution is 2.36. The van der Waals surface area contributed by atoms with E-state index >= 15 is 0 Å². The number of carbonyl (C=O) groups is 1. The van der Waals surface area contributed by atoms with E-state index in [1.807, 2.05) is 0 Å². The predicted octanol–water partition coefficient (Wildman–Crippen LogP) is 5.83. The molecule has 1 N–H and O–H groups in total. The fourth-order valence-corrected chi connectivity index (χ4v) is 3.62. The van der Waals surface area contributed by atoms with Crippen molar-refractivity contribution in [2.24, 2.45) is 0 Å². The van der Waals surface area contributed by atoms with Gasteiger partial charge in [-0.2, -0.15) is 17.6 Å². The van der Waals surface area contributed by atoms with Gasteiger partial charge in [-0.05, 0) is 35.4 Å². The molecule has 192 valence electrons. The van der Waals surface area contributed by atoms with Crippen LogP contribution in [-0.4, -0.2) is 43.9 Å². The summed E-state index contributed by atoms with van der Waals surface area (Å²) in [6.07, 6.45) is -8.15. The van der Waals surface area contributed by atoms with Crippen LogP contribution in [0.25, 0.3) is 0 Å². The van der Waals surface area contributed by atoms with E-state index in [-0.39, 0.29) is 30.9 Å². The van der Waals surface area contributed by atoms with Crippen LogP contribution in [-0.2, 0) is 21.4 Å². The van der Waals surface area contributed by atoms with Crippen LogP contribution >= 0.6 is 11.6 Å². The molecular weight excluding hydrogens is 504 g/mol. The number of rotatable bonds is 11. The number of alkyl halides is 4. The number of hydrogen-bond acceptors (Lipinski definition) is 5. The summed E-state index contributed by atoms with van der Waals surface area (Å²) < 4.78 is 67.2. The van der Waals surface area contributed by atoms with Gasteiger partial charge in [0.1, 0.15) is 17.9 Å². The first-order valence-corrected chi connectivity index (χ1v) is 11.1. The van der Waals surface area contributed by atoms with Crippen molar-refractivity contribution in [3.8, 4) is 5.75 Å². The van der Waals surface area contributed by atoms with Crippen molar-refractivity contribution >= 4 is 17.7 Å². The fraction of sp³-hybridized carbons (Fsp3) is 0.280. The largest absolute Gasteiger partial charge is 0.461 e. The van der Waals surface area contributed by atoms with Crippen molar-refractivity contribution in [2.45, 2.75) is 24.5 Å². The molecule has 1 amide bonds. The van der Waals surface area contributed by atoms with Crippen LogP contribution in [0.3, 0.4) is 0 Å². The Balaban J connectivity index is 2.14. The number of nitrogens with one attached hydrogen (secondary N) is 1. The maximum absolute atomic E-state index is 13.7. The molecule has 3 rings (SSSR count). The third kappa shape index (κ3) is 6.86. The maximum atomic E-state index is 13.7.